The molecular formula is C15H23NOS. The minimum Gasteiger partial charge on any atom is -0.381 e. The topological polar surface area (TPSA) is 21.3 Å². The third-order valence-corrected chi connectivity index (χ3v) is 4.76. The predicted molar refractivity (Wildman–Crippen MR) is 78.2 cm³/mol. The Morgan fingerprint density at radius 3 is 2.61 bits per heavy atom. The van der Waals surface area contributed by atoms with Crippen LogP contribution in [-0.4, -0.2) is 32.6 Å². The smallest absolute Gasteiger partial charge is 0.0471 e. The zero-order valence-corrected chi connectivity index (χ0v) is 12.0. The van der Waals surface area contributed by atoms with Gasteiger partial charge in [0.15, 0.2) is 0 Å². The van der Waals surface area contributed by atoms with Crippen LogP contribution in [0.2, 0.25) is 0 Å². The molecule has 1 aliphatic rings. The van der Waals surface area contributed by atoms with Crippen LogP contribution in [0.3, 0.4) is 0 Å². The summed E-state index contributed by atoms with van der Waals surface area (Å²) in [6.45, 7) is 2.97. The van der Waals surface area contributed by atoms with Gasteiger partial charge in [0.1, 0.15) is 0 Å². The van der Waals surface area contributed by atoms with Crippen LogP contribution in [0.1, 0.15) is 19.3 Å². The molecule has 1 heterocycles. The van der Waals surface area contributed by atoms with Crippen LogP contribution < -0.4 is 5.32 Å². The summed E-state index contributed by atoms with van der Waals surface area (Å²) in [4.78, 5) is 1.38. The van der Waals surface area contributed by atoms with Crippen LogP contribution in [0.15, 0.2) is 35.2 Å². The first-order valence-electron chi connectivity index (χ1n) is 6.75. The molecule has 0 bridgehead atoms. The van der Waals surface area contributed by atoms with Gasteiger partial charge in [0, 0.05) is 24.7 Å². The van der Waals surface area contributed by atoms with Crippen molar-refractivity contribution in [2.24, 2.45) is 5.41 Å². The zero-order valence-electron chi connectivity index (χ0n) is 11.2. The second-order valence-electron chi connectivity index (χ2n) is 5.05. The summed E-state index contributed by atoms with van der Waals surface area (Å²) in [6, 6.07) is 10.7. The molecule has 0 radical (unpaired) electrons. The maximum atomic E-state index is 5.50. The predicted octanol–water partition coefficient (Wildman–Crippen LogP) is 3.19. The van der Waals surface area contributed by atoms with E-state index in [0.29, 0.717) is 5.41 Å². The van der Waals surface area contributed by atoms with E-state index in [2.05, 4.69) is 42.7 Å². The van der Waals surface area contributed by atoms with Gasteiger partial charge in [-0.1, -0.05) is 18.2 Å². The number of ether oxygens (including phenoxy) is 1. The Hall–Kier alpha value is -0.510. The van der Waals surface area contributed by atoms with Crippen LogP contribution in [-0.2, 0) is 4.74 Å². The van der Waals surface area contributed by atoms with E-state index in [0.717, 1.165) is 19.8 Å². The average molecular weight is 265 g/mol. The molecule has 0 saturated carbocycles. The maximum Gasteiger partial charge on any atom is 0.0471 e. The van der Waals surface area contributed by atoms with Gasteiger partial charge >= 0.3 is 0 Å². The van der Waals surface area contributed by atoms with Gasteiger partial charge in [-0.25, -0.2) is 0 Å². The fourth-order valence-electron chi connectivity index (χ4n) is 2.60. The number of rotatable bonds is 6. The lowest BCUT2D eigenvalue weighted by Crippen LogP contribution is -2.38. The number of nitrogens with one attached hydrogen (secondary N) is 1. The fourth-order valence-corrected chi connectivity index (χ4v) is 3.72. The second kappa shape index (κ2) is 7.17. The quantitative estimate of drug-likeness (QED) is 0.798. The molecule has 3 heteroatoms. The van der Waals surface area contributed by atoms with Gasteiger partial charge in [0.2, 0.25) is 0 Å². The van der Waals surface area contributed by atoms with Crippen molar-refractivity contribution in [3.05, 3.63) is 30.3 Å². The normalized spacial score (nSPS) is 18.7. The Kier molecular flexibility index (Phi) is 5.54. The lowest BCUT2D eigenvalue weighted by Gasteiger charge is -2.37. The van der Waals surface area contributed by atoms with Crippen molar-refractivity contribution in [1.29, 1.82) is 0 Å². The monoisotopic (exact) mass is 265 g/mol. The highest BCUT2D eigenvalue weighted by Crippen LogP contribution is 2.35. The number of hydrogen-bond donors (Lipinski definition) is 1. The third-order valence-electron chi connectivity index (χ3n) is 3.75. The van der Waals surface area contributed by atoms with E-state index in [1.165, 1.54) is 29.9 Å². The van der Waals surface area contributed by atoms with Gasteiger partial charge in [0.25, 0.3) is 0 Å². The highest BCUT2D eigenvalue weighted by atomic mass is 32.2. The Morgan fingerprint density at radius 2 is 1.94 bits per heavy atom. The van der Waals surface area contributed by atoms with E-state index in [-0.39, 0.29) is 0 Å². The van der Waals surface area contributed by atoms with E-state index in [9.17, 15) is 0 Å². The summed E-state index contributed by atoms with van der Waals surface area (Å²) >= 11 is 1.97. The largest absolute Gasteiger partial charge is 0.381 e. The number of benzene rings is 1. The van der Waals surface area contributed by atoms with Crippen LogP contribution in [0.5, 0.6) is 0 Å². The summed E-state index contributed by atoms with van der Waals surface area (Å²) < 4.78 is 5.50. The molecule has 1 aromatic carbocycles. The van der Waals surface area contributed by atoms with Crippen LogP contribution in [0.4, 0.5) is 0 Å². The van der Waals surface area contributed by atoms with Crippen molar-refractivity contribution in [3.63, 3.8) is 0 Å². The first-order valence-corrected chi connectivity index (χ1v) is 7.73. The molecule has 0 aliphatic carbocycles. The molecule has 2 nitrogen and oxygen atoms in total. The van der Waals surface area contributed by atoms with Crippen molar-refractivity contribution in [2.75, 3.05) is 32.6 Å². The minimum absolute atomic E-state index is 0.453. The molecule has 0 spiro atoms. The standard InChI is InChI=1S/C15H23NOS/c1-16-13-15(7-10-17-11-8-15)9-12-18-14-5-3-2-4-6-14/h2-6,16H,7-13H2,1H3. The van der Waals surface area contributed by atoms with Gasteiger partial charge < -0.3 is 10.1 Å². The molecule has 1 saturated heterocycles. The first kappa shape index (κ1) is 13.9. The Balaban J connectivity index is 1.82. The van der Waals surface area contributed by atoms with Gasteiger partial charge in [-0.3, -0.25) is 0 Å². The molecule has 18 heavy (non-hydrogen) atoms. The molecule has 0 unspecified atom stereocenters. The van der Waals surface area contributed by atoms with E-state index in [4.69, 9.17) is 4.74 Å². The molecule has 1 N–H and O–H groups in total. The molecular weight excluding hydrogens is 242 g/mol. The van der Waals surface area contributed by atoms with Gasteiger partial charge in [-0.2, -0.15) is 0 Å². The fraction of sp³-hybridized carbons (Fsp3) is 0.600. The Bertz CT molecular complexity index is 330. The van der Waals surface area contributed by atoms with Crippen LogP contribution >= 0.6 is 11.8 Å². The van der Waals surface area contributed by atoms with E-state index < -0.39 is 0 Å². The highest BCUT2D eigenvalue weighted by Gasteiger charge is 2.31. The van der Waals surface area contributed by atoms with Crippen LogP contribution in [0, 0.1) is 5.41 Å². The van der Waals surface area contributed by atoms with Crippen molar-refractivity contribution >= 4 is 11.8 Å². The summed E-state index contributed by atoms with van der Waals surface area (Å²) in [7, 11) is 2.06. The van der Waals surface area contributed by atoms with E-state index in [1.807, 2.05) is 11.8 Å². The molecule has 100 valence electrons. The van der Waals surface area contributed by atoms with E-state index in [1.54, 1.807) is 0 Å². The minimum atomic E-state index is 0.453. The zero-order chi connectivity index (χ0) is 12.7. The summed E-state index contributed by atoms with van der Waals surface area (Å²) in [6.07, 6.45) is 3.67. The molecule has 2 rings (SSSR count). The first-order chi connectivity index (χ1) is 8.85. The van der Waals surface area contributed by atoms with Crippen molar-refractivity contribution in [2.45, 2.75) is 24.2 Å². The number of thioether (sulfide) groups is 1. The van der Waals surface area contributed by atoms with Gasteiger partial charge in [0.05, 0.1) is 0 Å². The van der Waals surface area contributed by atoms with Crippen LogP contribution in [0.25, 0.3) is 0 Å². The molecule has 1 aliphatic heterocycles. The summed E-state index contributed by atoms with van der Waals surface area (Å²) in [5, 5.41) is 3.36. The maximum absolute atomic E-state index is 5.50. The number of hydrogen-bond acceptors (Lipinski definition) is 3. The highest BCUT2D eigenvalue weighted by molar-refractivity contribution is 7.99. The lowest BCUT2D eigenvalue weighted by molar-refractivity contribution is 0.0143. The molecule has 0 amide bonds. The summed E-state index contributed by atoms with van der Waals surface area (Å²) in [5.74, 6) is 1.20. The van der Waals surface area contributed by atoms with E-state index >= 15 is 0 Å². The molecule has 1 fully saturated rings. The molecule has 0 aromatic heterocycles. The lowest BCUT2D eigenvalue weighted by atomic mass is 9.78. The van der Waals surface area contributed by atoms with Gasteiger partial charge in [-0.15, -0.1) is 11.8 Å². The van der Waals surface area contributed by atoms with Crippen molar-refractivity contribution in [3.8, 4) is 0 Å². The van der Waals surface area contributed by atoms with Crippen molar-refractivity contribution in [1.82, 2.24) is 5.32 Å². The Labute approximate surface area is 114 Å². The molecule has 0 atom stereocenters. The SMILES string of the molecule is CNCC1(CCSc2ccccc2)CCOCC1. The van der Waals surface area contributed by atoms with Gasteiger partial charge in [-0.05, 0) is 49.6 Å². The third kappa shape index (κ3) is 4.01. The summed E-state index contributed by atoms with van der Waals surface area (Å²) in [5.41, 5.74) is 0.453. The second-order valence-corrected chi connectivity index (χ2v) is 6.22. The average Bonchev–Trinajstić information content (AvgIpc) is 2.41. The molecule has 1 aromatic rings. The van der Waals surface area contributed by atoms with Crippen molar-refractivity contribution < 1.29 is 4.74 Å². The Morgan fingerprint density at radius 1 is 1.22 bits per heavy atom.